The maximum Gasteiger partial charge on any atom is 0.293 e. The number of nitrogens with zero attached hydrogens (tertiary/aromatic N) is 6. The number of rotatable bonds is 13. The molecule has 0 bridgehead atoms. The van der Waals surface area contributed by atoms with Crippen molar-refractivity contribution in [2.45, 2.75) is 50.2 Å². The largest absolute Gasteiger partial charge is 0.381 e. The van der Waals surface area contributed by atoms with Crippen molar-refractivity contribution in [2.75, 3.05) is 16.3 Å². The van der Waals surface area contributed by atoms with Crippen LogP contribution in [-0.2, 0) is 47.3 Å². The van der Waals surface area contributed by atoms with Gasteiger partial charge in [0.15, 0.2) is 5.82 Å². The number of benzene rings is 4. The smallest absolute Gasteiger partial charge is 0.293 e. The molecule has 3 atom stereocenters. The number of halogens is 7. The predicted octanol–water partition coefficient (Wildman–Crippen LogP) is 7.63. The third kappa shape index (κ3) is 7.74. The summed E-state index contributed by atoms with van der Waals surface area (Å²) in [4.78, 5) is 34.0. The standard InChI is InChI=1S/C42H34ClF6N9O4S/c1-56-36-31(11-10-28(43)34(36)39(54-56)55-63(2,61)62)58-40(52-29-16-24(8-9-25(29)41(58)60)50-18-20-6-4-3-5-7-20)30(14-21-12-22(44)15-23(45)13-21)51-32(59)19-57-37-33(35(53-57)38(46)47)26-17-27(26)42(37,48)49/h3-13,15-16,26-27,30,38,50H,14,17-19H2,1-2H3,(H,51,59)(H,54,55)/t26-,27+,30-/m0/s1. The Hall–Kier alpha value is -6.41. The quantitative estimate of drug-likeness (QED) is 0.0998. The summed E-state index contributed by atoms with van der Waals surface area (Å²) in [7, 11) is -2.44. The number of anilines is 2. The molecule has 2 aliphatic carbocycles. The Balaban J connectivity index is 1.22. The molecule has 1 amide bonds. The van der Waals surface area contributed by atoms with Crippen LogP contribution in [0.5, 0.6) is 0 Å². The molecule has 0 spiro atoms. The summed E-state index contributed by atoms with van der Waals surface area (Å²) in [6.45, 7) is -0.588. The average Bonchev–Trinajstić information content (AvgIpc) is 3.75. The molecule has 9 rings (SSSR count). The first kappa shape index (κ1) is 41.9. The summed E-state index contributed by atoms with van der Waals surface area (Å²) in [5, 5.41) is 14.2. The molecule has 1 fully saturated rings. The molecule has 2 aliphatic rings. The van der Waals surface area contributed by atoms with Gasteiger partial charge in [0.05, 0.1) is 44.8 Å². The molecular formula is C42H34ClF6N9O4S. The number of alkyl halides is 4. The third-order valence-electron chi connectivity index (χ3n) is 11.1. The maximum absolute atomic E-state index is 15.5. The minimum Gasteiger partial charge on any atom is -0.381 e. The summed E-state index contributed by atoms with van der Waals surface area (Å²) in [5.74, 6) is -8.97. The van der Waals surface area contributed by atoms with Gasteiger partial charge in [-0.2, -0.15) is 19.0 Å². The molecule has 7 aromatic rings. The van der Waals surface area contributed by atoms with Gasteiger partial charge in [-0.05, 0) is 65.9 Å². The Morgan fingerprint density at radius 3 is 2.41 bits per heavy atom. The minimum atomic E-state index is -3.91. The molecule has 0 radical (unpaired) electrons. The molecule has 3 aromatic heterocycles. The molecule has 13 nitrogen and oxygen atoms in total. The van der Waals surface area contributed by atoms with Crippen LogP contribution in [0.25, 0.3) is 27.5 Å². The number of carbonyl (C=O) groups is 1. The van der Waals surface area contributed by atoms with Crippen molar-refractivity contribution < 1.29 is 39.6 Å². The highest BCUT2D eigenvalue weighted by Gasteiger charge is 2.67. The van der Waals surface area contributed by atoms with Gasteiger partial charge in [0, 0.05) is 43.2 Å². The van der Waals surface area contributed by atoms with Crippen LogP contribution in [0.4, 0.5) is 37.8 Å². The highest BCUT2D eigenvalue weighted by molar-refractivity contribution is 7.92. The van der Waals surface area contributed by atoms with Gasteiger partial charge >= 0.3 is 0 Å². The number of sulfonamides is 1. The van der Waals surface area contributed by atoms with E-state index < -0.39 is 87.7 Å². The molecule has 63 heavy (non-hydrogen) atoms. The van der Waals surface area contributed by atoms with Gasteiger partial charge in [-0.15, -0.1) is 0 Å². The lowest BCUT2D eigenvalue weighted by Crippen LogP contribution is -2.38. The lowest BCUT2D eigenvalue weighted by Gasteiger charge is -2.24. The Bertz CT molecular complexity index is 3160. The van der Waals surface area contributed by atoms with Crippen molar-refractivity contribution in [2.24, 2.45) is 13.0 Å². The summed E-state index contributed by atoms with van der Waals surface area (Å²) in [6.07, 6.45) is -2.75. The second-order valence-corrected chi connectivity index (χ2v) is 17.8. The van der Waals surface area contributed by atoms with Crippen LogP contribution in [0.15, 0.2) is 83.7 Å². The summed E-state index contributed by atoms with van der Waals surface area (Å²) in [6, 6.07) is 18.1. The van der Waals surface area contributed by atoms with Crippen LogP contribution in [-0.4, -0.2) is 49.7 Å². The molecule has 3 N–H and O–H groups in total. The number of amides is 1. The highest BCUT2D eigenvalue weighted by atomic mass is 35.5. The van der Waals surface area contributed by atoms with E-state index in [0.29, 0.717) is 23.0 Å². The van der Waals surface area contributed by atoms with Crippen molar-refractivity contribution in [1.82, 2.24) is 34.4 Å². The van der Waals surface area contributed by atoms with Crippen molar-refractivity contribution in [3.8, 4) is 5.69 Å². The van der Waals surface area contributed by atoms with Gasteiger partial charge < -0.3 is 10.6 Å². The number of nitrogens with one attached hydrogen (secondary N) is 3. The van der Waals surface area contributed by atoms with Crippen LogP contribution in [0.3, 0.4) is 0 Å². The van der Waals surface area contributed by atoms with Crippen molar-refractivity contribution in [3.05, 3.63) is 140 Å². The molecule has 21 heteroatoms. The lowest BCUT2D eigenvalue weighted by molar-refractivity contribution is -0.123. The summed E-state index contributed by atoms with van der Waals surface area (Å²) >= 11 is 6.63. The van der Waals surface area contributed by atoms with E-state index in [4.69, 9.17) is 16.6 Å². The van der Waals surface area contributed by atoms with Crippen LogP contribution in [0, 0.1) is 17.6 Å². The first-order chi connectivity index (χ1) is 29.9. The Labute approximate surface area is 358 Å². The highest BCUT2D eigenvalue weighted by Crippen LogP contribution is 2.68. The molecule has 0 saturated heterocycles. The van der Waals surface area contributed by atoms with Crippen molar-refractivity contribution in [1.29, 1.82) is 0 Å². The van der Waals surface area contributed by atoms with Gasteiger partial charge in [0.2, 0.25) is 15.9 Å². The zero-order valence-electron chi connectivity index (χ0n) is 33.0. The van der Waals surface area contributed by atoms with E-state index in [1.807, 2.05) is 30.3 Å². The molecular weight excluding hydrogens is 876 g/mol. The van der Waals surface area contributed by atoms with Gasteiger partial charge in [-0.1, -0.05) is 41.9 Å². The van der Waals surface area contributed by atoms with Crippen LogP contribution < -0.4 is 20.9 Å². The molecule has 326 valence electrons. The summed E-state index contributed by atoms with van der Waals surface area (Å²) < 4.78 is 119. The molecule has 3 heterocycles. The van der Waals surface area contributed by atoms with Gasteiger partial charge in [-0.25, -0.2) is 31.0 Å². The fourth-order valence-corrected chi connectivity index (χ4v) is 9.23. The molecule has 0 aliphatic heterocycles. The first-order valence-corrected chi connectivity index (χ1v) is 21.6. The minimum absolute atomic E-state index is 0.00102. The second-order valence-electron chi connectivity index (χ2n) is 15.6. The monoisotopic (exact) mass is 909 g/mol. The third-order valence-corrected chi connectivity index (χ3v) is 12.0. The Morgan fingerprint density at radius 2 is 1.71 bits per heavy atom. The number of hydrogen-bond donors (Lipinski definition) is 3. The Kier molecular flexibility index (Phi) is 10.3. The van der Waals surface area contributed by atoms with E-state index in [0.717, 1.165) is 28.5 Å². The normalized spacial score (nSPS) is 16.9. The summed E-state index contributed by atoms with van der Waals surface area (Å²) in [5.41, 5.74) is -0.924. The van der Waals surface area contributed by atoms with E-state index in [-0.39, 0.29) is 61.7 Å². The second kappa shape index (κ2) is 15.4. The van der Waals surface area contributed by atoms with Crippen LogP contribution in [0.2, 0.25) is 5.02 Å². The van der Waals surface area contributed by atoms with E-state index in [1.54, 1.807) is 12.1 Å². The number of hydrogen-bond acceptors (Lipinski definition) is 8. The fraction of sp³-hybridized carbons (Fsp3) is 0.262. The van der Waals surface area contributed by atoms with Crippen molar-refractivity contribution >= 4 is 60.8 Å². The average molecular weight is 910 g/mol. The number of aromatic nitrogens is 6. The number of aryl methyl sites for hydroxylation is 1. The molecule has 1 saturated carbocycles. The van der Waals surface area contributed by atoms with Crippen LogP contribution >= 0.6 is 11.6 Å². The molecule has 4 aromatic carbocycles. The maximum atomic E-state index is 15.5. The van der Waals surface area contributed by atoms with Crippen molar-refractivity contribution in [3.63, 3.8) is 0 Å². The van der Waals surface area contributed by atoms with E-state index in [2.05, 4.69) is 25.6 Å². The van der Waals surface area contributed by atoms with Gasteiger partial charge in [-0.3, -0.25) is 28.2 Å². The zero-order valence-corrected chi connectivity index (χ0v) is 34.6. The first-order valence-electron chi connectivity index (χ1n) is 19.4. The lowest BCUT2D eigenvalue weighted by atomic mass is 10.0. The number of carbonyl (C=O) groups excluding carboxylic acids is 1. The fourth-order valence-electron chi connectivity index (χ4n) is 8.49. The van der Waals surface area contributed by atoms with E-state index in [1.165, 1.54) is 29.9 Å². The SMILES string of the molecule is Cn1nc(NS(C)(=O)=O)c2c(Cl)ccc(-n3c([C@H](Cc4cc(F)cc(F)c4)NC(=O)Cn4nc(C(F)F)c5c4C(F)(F)[C@@H]4C[C@H]54)nc4cc(NCc5ccccc5)ccc4c3=O)c21. The molecule has 0 unspecified atom stereocenters. The topological polar surface area (TPSA) is 158 Å². The zero-order chi connectivity index (χ0) is 44.7. The Morgan fingerprint density at radius 1 is 0.984 bits per heavy atom. The predicted molar refractivity (Wildman–Crippen MR) is 222 cm³/mol. The van der Waals surface area contributed by atoms with Crippen LogP contribution in [0.1, 0.15) is 58.7 Å². The van der Waals surface area contributed by atoms with E-state index in [9.17, 15) is 35.6 Å². The number of fused-ring (bicyclic) bond motifs is 5. The van der Waals surface area contributed by atoms with Gasteiger partial charge in [0.25, 0.3) is 17.9 Å². The van der Waals surface area contributed by atoms with Gasteiger partial charge in [0.1, 0.15) is 35.4 Å². The van der Waals surface area contributed by atoms with E-state index >= 15 is 8.78 Å².